The number of rotatable bonds is 5. The van der Waals surface area contributed by atoms with Crippen molar-refractivity contribution in [3.8, 4) is 0 Å². The Kier molecular flexibility index (Phi) is 4.39. The van der Waals surface area contributed by atoms with Gasteiger partial charge in [0.1, 0.15) is 0 Å². The van der Waals surface area contributed by atoms with Crippen LogP contribution in [0, 0.1) is 5.92 Å². The SMILES string of the molecule is O=c1[nH]nc(CC2CCC2)c2ccc(SCc3ccccc3)cc12. The summed E-state index contributed by atoms with van der Waals surface area (Å²) < 4.78 is 0. The number of hydrogen-bond acceptors (Lipinski definition) is 3. The predicted octanol–water partition coefficient (Wildman–Crippen LogP) is 4.56. The van der Waals surface area contributed by atoms with Gasteiger partial charge in [0.2, 0.25) is 0 Å². The third-order valence-electron chi connectivity index (χ3n) is 4.79. The molecule has 1 aliphatic rings. The van der Waals surface area contributed by atoms with Crippen molar-refractivity contribution in [1.82, 2.24) is 10.2 Å². The van der Waals surface area contributed by atoms with E-state index in [4.69, 9.17) is 0 Å². The summed E-state index contributed by atoms with van der Waals surface area (Å²) in [6, 6.07) is 16.6. The third-order valence-corrected chi connectivity index (χ3v) is 5.86. The first-order valence-corrected chi connectivity index (χ1v) is 9.46. The average molecular weight is 336 g/mol. The van der Waals surface area contributed by atoms with Crippen LogP contribution in [0.25, 0.3) is 10.8 Å². The topological polar surface area (TPSA) is 45.8 Å². The molecule has 1 N–H and O–H groups in total. The molecule has 0 saturated heterocycles. The Bertz CT molecular complexity index is 900. The summed E-state index contributed by atoms with van der Waals surface area (Å²) in [6.45, 7) is 0. The van der Waals surface area contributed by atoms with Crippen molar-refractivity contribution < 1.29 is 0 Å². The first kappa shape index (κ1) is 15.5. The van der Waals surface area contributed by atoms with Gasteiger partial charge in [0.15, 0.2) is 0 Å². The van der Waals surface area contributed by atoms with E-state index in [9.17, 15) is 4.79 Å². The van der Waals surface area contributed by atoms with E-state index in [2.05, 4.69) is 46.6 Å². The van der Waals surface area contributed by atoms with Crippen LogP contribution in [-0.4, -0.2) is 10.2 Å². The van der Waals surface area contributed by atoms with Crippen molar-refractivity contribution in [2.45, 2.75) is 36.3 Å². The summed E-state index contributed by atoms with van der Waals surface area (Å²) in [5.74, 6) is 1.64. The Morgan fingerprint density at radius 2 is 1.92 bits per heavy atom. The standard InChI is InChI=1S/C20H20N2OS/c23-20-18-12-16(24-13-15-5-2-1-3-6-15)9-10-17(18)19(21-22-20)11-14-7-4-8-14/h1-3,5-6,9-10,12,14H,4,7-8,11,13H2,(H,22,23). The van der Waals surface area contributed by atoms with Gasteiger partial charge in [0.25, 0.3) is 5.56 Å². The molecule has 0 aliphatic heterocycles. The average Bonchev–Trinajstić information content (AvgIpc) is 2.59. The lowest BCUT2D eigenvalue weighted by atomic mass is 9.81. The molecule has 0 atom stereocenters. The molecule has 1 saturated carbocycles. The zero-order valence-corrected chi connectivity index (χ0v) is 14.3. The third kappa shape index (κ3) is 3.24. The minimum Gasteiger partial charge on any atom is -0.267 e. The molecule has 24 heavy (non-hydrogen) atoms. The highest BCUT2D eigenvalue weighted by atomic mass is 32.2. The molecule has 3 aromatic rings. The summed E-state index contributed by atoms with van der Waals surface area (Å²) in [5, 5.41) is 8.76. The number of aromatic amines is 1. The lowest BCUT2D eigenvalue weighted by Gasteiger charge is -2.25. The maximum atomic E-state index is 12.2. The van der Waals surface area contributed by atoms with E-state index >= 15 is 0 Å². The van der Waals surface area contributed by atoms with Crippen molar-refractivity contribution in [1.29, 1.82) is 0 Å². The molecule has 2 aromatic carbocycles. The smallest absolute Gasteiger partial charge is 0.267 e. The molecule has 122 valence electrons. The largest absolute Gasteiger partial charge is 0.272 e. The van der Waals surface area contributed by atoms with Gasteiger partial charge in [-0.05, 0) is 30.0 Å². The van der Waals surface area contributed by atoms with Crippen LogP contribution in [0.5, 0.6) is 0 Å². The fourth-order valence-electron chi connectivity index (χ4n) is 3.16. The molecule has 1 aliphatic carbocycles. The fraction of sp³-hybridized carbons (Fsp3) is 0.300. The summed E-state index contributed by atoms with van der Waals surface area (Å²) in [6.07, 6.45) is 4.87. The monoisotopic (exact) mass is 336 g/mol. The molecule has 0 radical (unpaired) electrons. The second-order valence-corrected chi connectivity index (χ2v) is 7.53. The van der Waals surface area contributed by atoms with E-state index < -0.39 is 0 Å². The highest BCUT2D eigenvalue weighted by Crippen LogP contribution is 2.31. The van der Waals surface area contributed by atoms with Gasteiger partial charge in [-0.1, -0.05) is 55.7 Å². The molecule has 1 heterocycles. The molecular formula is C20H20N2OS. The van der Waals surface area contributed by atoms with Crippen molar-refractivity contribution in [2.24, 2.45) is 5.92 Å². The van der Waals surface area contributed by atoms with Gasteiger partial charge in [-0.25, -0.2) is 5.10 Å². The molecule has 1 aromatic heterocycles. The fourth-order valence-corrected chi connectivity index (χ4v) is 4.05. The van der Waals surface area contributed by atoms with Crippen LogP contribution in [-0.2, 0) is 12.2 Å². The Morgan fingerprint density at radius 1 is 1.08 bits per heavy atom. The van der Waals surface area contributed by atoms with Crippen LogP contribution in [0.15, 0.2) is 58.2 Å². The molecule has 0 spiro atoms. The Balaban J connectivity index is 1.60. The van der Waals surface area contributed by atoms with Crippen molar-refractivity contribution >= 4 is 22.5 Å². The molecule has 3 nitrogen and oxygen atoms in total. The van der Waals surface area contributed by atoms with E-state index in [1.54, 1.807) is 11.8 Å². The second-order valence-electron chi connectivity index (χ2n) is 6.48. The number of thioether (sulfide) groups is 1. The highest BCUT2D eigenvalue weighted by molar-refractivity contribution is 7.98. The van der Waals surface area contributed by atoms with Crippen LogP contribution >= 0.6 is 11.8 Å². The number of hydrogen-bond donors (Lipinski definition) is 1. The lowest BCUT2D eigenvalue weighted by Crippen LogP contribution is -2.17. The second kappa shape index (κ2) is 6.81. The van der Waals surface area contributed by atoms with Crippen LogP contribution in [0.1, 0.15) is 30.5 Å². The molecular weight excluding hydrogens is 316 g/mol. The van der Waals surface area contributed by atoms with Gasteiger partial charge in [0.05, 0.1) is 11.1 Å². The predicted molar refractivity (Wildman–Crippen MR) is 99.4 cm³/mol. The van der Waals surface area contributed by atoms with E-state index in [0.29, 0.717) is 0 Å². The number of nitrogens with one attached hydrogen (secondary N) is 1. The van der Waals surface area contributed by atoms with E-state index in [0.717, 1.165) is 39.5 Å². The summed E-state index contributed by atoms with van der Waals surface area (Å²) >= 11 is 1.76. The van der Waals surface area contributed by atoms with Gasteiger partial charge < -0.3 is 0 Å². The van der Waals surface area contributed by atoms with Gasteiger partial charge in [-0.3, -0.25) is 4.79 Å². The van der Waals surface area contributed by atoms with E-state index in [1.807, 2.05) is 12.1 Å². The van der Waals surface area contributed by atoms with Crippen molar-refractivity contribution in [3.63, 3.8) is 0 Å². The normalized spacial score (nSPS) is 14.7. The van der Waals surface area contributed by atoms with Crippen molar-refractivity contribution in [3.05, 3.63) is 70.1 Å². The molecule has 0 bridgehead atoms. The quantitative estimate of drug-likeness (QED) is 0.695. The molecule has 4 heteroatoms. The Labute approximate surface area is 145 Å². The van der Waals surface area contributed by atoms with Gasteiger partial charge in [-0.2, -0.15) is 5.10 Å². The van der Waals surface area contributed by atoms with Gasteiger partial charge in [0, 0.05) is 16.0 Å². The molecule has 1 fully saturated rings. The van der Waals surface area contributed by atoms with Crippen LogP contribution in [0.2, 0.25) is 0 Å². The Hall–Kier alpha value is -2.07. The lowest BCUT2D eigenvalue weighted by molar-refractivity contribution is 0.312. The van der Waals surface area contributed by atoms with Crippen molar-refractivity contribution in [2.75, 3.05) is 0 Å². The maximum Gasteiger partial charge on any atom is 0.272 e. The first-order valence-electron chi connectivity index (χ1n) is 8.47. The zero-order chi connectivity index (χ0) is 16.4. The number of fused-ring (bicyclic) bond motifs is 1. The zero-order valence-electron chi connectivity index (χ0n) is 13.5. The Morgan fingerprint density at radius 3 is 2.67 bits per heavy atom. The summed E-state index contributed by atoms with van der Waals surface area (Å²) in [7, 11) is 0. The minimum absolute atomic E-state index is 0.0930. The maximum absolute atomic E-state index is 12.2. The molecule has 0 amide bonds. The number of aromatic nitrogens is 2. The molecule has 0 unspecified atom stereocenters. The minimum atomic E-state index is -0.0930. The van der Waals surface area contributed by atoms with E-state index in [-0.39, 0.29) is 5.56 Å². The number of benzene rings is 2. The van der Waals surface area contributed by atoms with Crippen LogP contribution in [0.3, 0.4) is 0 Å². The number of H-pyrrole nitrogens is 1. The molecule has 4 rings (SSSR count). The highest BCUT2D eigenvalue weighted by Gasteiger charge is 2.20. The van der Waals surface area contributed by atoms with E-state index in [1.165, 1.54) is 24.8 Å². The van der Waals surface area contributed by atoms with Gasteiger partial charge >= 0.3 is 0 Å². The van der Waals surface area contributed by atoms with Gasteiger partial charge in [-0.15, -0.1) is 11.8 Å². The van der Waals surface area contributed by atoms with Crippen LogP contribution < -0.4 is 5.56 Å². The summed E-state index contributed by atoms with van der Waals surface area (Å²) in [4.78, 5) is 13.3. The summed E-state index contributed by atoms with van der Waals surface area (Å²) in [5.41, 5.74) is 2.23. The number of nitrogens with zero attached hydrogens (tertiary/aromatic N) is 1. The first-order chi connectivity index (χ1) is 11.8. The van der Waals surface area contributed by atoms with Crippen LogP contribution in [0.4, 0.5) is 0 Å².